The first-order valence-corrected chi connectivity index (χ1v) is 12.6. The van der Waals surface area contributed by atoms with Gasteiger partial charge >= 0.3 is 0 Å². The Bertz CT molecular complexity index is 1440. The Balaban J connectivity index is 1.43. The van der Waals surface area contributed by atoms with Gasteiger partial charge in [-0.05, 0) is 43.2 Å². The van der Waals surface area contributed by atoms with Crippen molar-refractivity contribution in [1.82, 2.24) is 24.3 Å². The molecule has 1 aliphatic rings. The van der Waals surface area contributed by atoms with Gasteiger partial charge in [-0.3, -0.25) is 19.5 Å². The number of pyridine rings is 1. The van der Waals surface area contributed by atoms with E-state index in [1.807, 2.05) is 48.4 Å². The summed E-state index contributed by atoms with van der Waals surface area (Å²) in [4.78, 5) is 39.3. The van der Waals surface area contributed by atoms with Gasteiger partial charge in [0, 0.05) is 58.1 Å². The minimum Gasteiger partial charge on any atom is -0.336 e. The van der Waals surface area contributed by atoms with Crippen LogP contribution in [0.2, 0.25) is 0 Å². The van der Waals surface area contributed by atoms with Gasteiger partial charge in [-0.1, -0.05) is 36.4 Å². The number of carbonyl (C=O) groups excluding carboxylic acids is 2. The molecule has 1 fully saturated rings. The number of fused-ring (bicyclic) bond motifs is 1. The Morgan fingerprint density at radius 3 is 2.41 bits per heavy atom. The largest absolute Gasteiger partial charge is 0.336 e. The molecule has 0 atom stereocenters. The summed E-state index contributed by atoms with van der Waals surface area (Å²) < 4.78 is 2.09. The summed E-state index contributed by atoms with van der Waals surface area (Å²) in [5.41, 5.74) is 6.03. The molecule has 190 valence electrons. The quantitative estimate of drug-likeness (QED) is 0.436. The van der Waals surface area contributed by atoms with Crippen LogP contribution < -0.4 is 5.32 Å². The van der Waals surface area contributed by atoms with Crippen LogP contribution >= 0.6 is 0 Å². The predicted octanol–water partition coefficient (Wildman–Crippen LogP) is 4.01. The monoisotopic (exact) mass is 496 g/mol. The molecule has 0 unspecified atom stereocenters. The van der Waals surface area contributed by atoms with Crippen LogP contribution in [0.25, 0.3) is 11.0 Å². The average Bonchev–Trinajstić information content (AvgIpc) is 3.19. The zero-order valence-electron chi connectivity index (χ0n) is 21.6. The molecule has 5 rings (SSSR count). The Kier molecular flexibility index (Phi) is 7.01. The highest BCUT2D eigenvalue weighted by atomic mass is 16.2. The molecule has 1 N–H and O–H groups in total. The van der Waals surface area contributed by atoms with Gasteiger partial charge in [-0.2, -0.15) is 0 Å². The lowest BCUT2D eigenvalue weighted by Crippen LogP contribution is -2.48. The van der Waals surface area contributed by atoms with Crippen LogP contribution in [-0.2, 0) is 17.9 Å². The Hall–Kier alpha value is -4.04. The first-order valence-electron chi connectivity index (χ1n) is 12.6. The van der Waals surface area contributed by atoms with Crippen molar-refractivity contribution < 1.29 is 9.59 Å². The molecule has 0 spiro atoms. The molecule has 4 aromatic rings. The highest BCUT2D eigenvalue weighted by Crippen LogP contribution is 2.28. The van der Waals surface area contributed by atoms with E-state index in [0.717, 1.165) is 42.2 Å². The van der Waals surface area contributed by atoms with Gasteiger partial charge < -0.3 is 14.8 Å². The van der Waals surface area contributed by atoms with E-state index in [2.05, 4.69) is 44.9 Å². The minimum atomic E-state index is -0.184. The van der Waals surface area contributed by atoms with E-state index < -0.39 is 0 Å². The topological polar surface area (TPSA) is 83.4 Å². The van der Waals surface area contributed by atoms with E-state index in [9.17, 15) is 9.59 Å². The number of hydrogen-bond donors (Lipinski definition) is 1. The maximum Gasteiger partial charge on any atom is 0.256 e. The van der Waals surface area contributed by atoms with Crippen molar-refractivity contribution >= 4 is 28.5 Å². The molecule has 0 aliphatic carbocycles. The third-order valence-corrected chi connectivity index (χ3v) is 6.92. The number of aromatic nitrogens is 3. The summed E-state index contributed by atoms with van der Waals surface area (Å²) >= 11 is 0. The van der Waals surface area contributed by atoms with E-state index in [-0.39, 0.29) is 11.8 Å². The molecule has 8 heteroatoms. The molecular formula is C29H32N6O2. The van der Waals surface area contributed by atoms with Crippen LogP contribution in [0.15, 0.2) is 60.8 Å². The number of nitrogens with zero attached hydrogens (tertiary/aromatic N) is 5. The fourth-order valence-corrected chi connectivity index (χ4v) is 4.96. The van der Waals surface area contributed by atoms with E-state index in [4.69, 9.17) is 4.98 Å². The predicted molar refractivity (Wildman–Crippen MR) is 144 cm³/mol. The smallest absolute Gasteiger partial charge is 0.256 e. The van der Waals surface area contributed by atoms with Gasteiger partial charge in [0.25, 0.3) is 5.91 Å². The number of rotatable bonds is 6. The van der Waals surface area contributed by atoms with Gasteiger partial charge in [-0.15, -0.1) is 0 Å². The molecule has 0 bridgehead atoms. The molecule has 2 amide bonds. The number of aryl methyl sites for hydroxylation is 2. The summed E-state index contributed by atoms with van der Waals surface area (Å²) in [7, 11) is 0. The summed E-state index contributed by atoms with van der Waals surface area (Å²) in [5, 5.41) is 2.84. The normalized spacial score (nSPS) is 14.2. The lowest BCUT2D eigenvalue weighted by atomic mass is 10.1. The van der Waals surface area contributed by atoms with Crippen LogP contribution in [-0.4, -0.2) is 62.3 Å². The number of imidazole rings is 1. The summed E-state index contributed by atoms with van der Waals surface area (Å²) in [6.45, 7) is 9.69. The number of anilines is 1. The Morgan fingerprint density at radius 1 is 0.946 bits per heavy atom. The summed E-state index contributed by atoms with van der Waals surface area (Å²) in [6.07, 6.45) is 1.83. The van der Waals surface area contributed by atoms with Gasteiger partial charge in [0.15, 0.2) is 0 Å². The summed E-state index contributed by atoms with van der Waals surface area (Å²) in [5.74, 6) is 0.597. The van der Waals surface area contributed by atoms with Gasteiger partial charge in [-0.25, -0.2) is 4.98 Å². The van der Waals surface area contributed by atoms with Crippen LogP contribution in [0.1, 0.15) is 39.9 Å². The standard InChI is InChI=1S/C29H32N6O2/c1-20-8-7-11-30-27(20)19-33-12-14-34(15-13-33)29(37)25-16-24(32-22(3)36)17-26-28(25)35(21(2)31-26)18-23-9-5-4-6-10-23/h4-11,16-17H,12-15,18-19H2,1-3H3,(H,32,36). The van der Waals surface area contributed by atoms with Crippen molar-refractivity contribution in [2.75, 3.05) is 31.5 Å². The third kappa shape index (κ3) is 5.39. The zero-order chi connectivity index (χ0) is 25.9. The van der Waals surface area contributed by atoms with Gasteiger partial charge in [0.05, 0.1) is 22.3 Å². The molecule has 0 radical (unpaired) electrons. The lowest BCUT2D eigenvalue weighted by molar-refractivity contribution is -0.114. The number of benzene rings is 2. The average molecular weight is 497 g/mol. The van der Waals surface area contributed by atoms with Crippen LogP contribution in [0, 0.1) is 13.8 Å². The van der Waals surface area contributed by atoms with E-state index >= 15 is 0 Å². The Labute approximate surface area is 216 Å². The van der Waals surface area contributed by atoms with Gasteiger partial charge in [0.2, 0.25) is 5.91 Å². The van der Waals surface area contributed by atoms with Crippen molar-refractivity contribution in [3.63, 3.8) is 0 Å². The number of carbonyl (C=O) groups is 2. The first-order chi connectivity index (χ1) is 17.9. The lowest BCUT2D eigenvalue weighted by Gasteiger charge is -2.35. The number of amides is 2. The fourth-order valence-electron chi connectivity index (χ4n) is 4.96. The number of nitrogens with one attached hydrogen (secondary N) is 1. The van der Waals surface area contributed by atoms with Crippen LogP contribution in [0.5, 0.6) is 0 Å². The maximum atomic E-state index is 13.9. The molecule has 2 aromatic heterocycles. The second kappa shape index (κ2) is 10.5. The second-order valence-corrected chi connectivity index (χ2v) is 9.64. The molecule has 1 aliphatic heterocycles. The second-order valence-electron chi connectivity index (χ2n) is 9.64. The van der Waals surface area contributed by atoms with Crippen molar-refractivity contribution in [2.24, 2.45) is 0 Å². The molecule has 8 nitrogen and oxygen atoms in total. The van der Waals surface area contributed by atoms with Crippen LogP contribution in [0.4, 0.5) is 5.69 Å². The van der Waals surface area contributed by atoms with Crippen molar-refractivity contribution in [1.29, 1.82) is 0 Å². The maximum absolute atomic E-state index is 13.9. The first kappa shape index (κ1) is 24.6. The van der Waals surface area contributed by atoms with E-state index in [1.165, 1.54) is 12.5 Å². The van der Waals surface area contributed by atoms with Crippen molar-refractivity contribution in [3.05, 3.63) is 89.0 Å². The third-order valence-electron chi connectivity index (χ3n) is 6.92. The van der Waals surface area contributed by atoms with Crippen molar-refractivity contribution in [2.45, 2.75) is 33.9 Å². The highest BCUT2D eigenvalue weighted by Gasteiger charge is 2.26. The zero-order valence-corrected chi connectivity index (χ0v) is 21.6. The van der Waals surface area contributed by atoms with Crippen LogP contribution in [0.3, 0.4) is 0 Å². The van der Waals surface area contributed by atoms with E-state index in [0.29, 0.717) is 36.4 Å². The number of hydrogen-bond acceptors (Lipinski definition) is 5. The minimum absolute atomic E-state index is 0.0416. The molecule has 1 saturated heterocycles. The summed E-state index contributed by atoms with van der Waals surface area (Å²) in [6, 6.07) is 17.8. The Morgan fingerprint density at radius 2 is 1.70 bits per heavy atom. The molecule has 3 heterocycles. The molecule has 37 heavy (non-hydrogen) atoms. The van der Waals surface area contributed by atoms with Gasteiger partial charge in [0.1, 0.15) is 5.82 Å². The highest BCUT2D eigenvalue weighted by molar-refractivity contribution is 6.07. The molecule has 0 saturated carbocycles. The fraction of sp³-hybridized carbons (Fsp3) is 0.310. The molecule has 2 aromatic carbocycles. The van der Waals surface area contributed by atoms with Crippen molar-refractivity contribution in [3.8, 4) is 0 Å². The SMILES string of the molecule is CC(=O)Nc1cc(C(=O)N2CCN(Cc3ncccc3C)CC2)c2c(c1)nc(C)n2Cc1ccccc1. The number of piperazine rings is 1. The molecular weight excluding hydrogens is 464 g/mol. The van der Waals surface area contributed by atoms with E-state index in [1.54, 1.807) is 6.07 Å².